The standard InChI is InChI=1S/C9H11BrFNO/c1-5(12)2-6-3-7(10)9(13)8(11)4-6/h3-5,13H,2,12H2,1H3. The molecule has 0 aromatic heterocycles. The molecule has 0 spiro atoms. The van der Waals surface area contributed by atoms with E-state index in [-0.39, 0.29) is 11.8 Å². The Bertz CT molecular complexity index is 291. The van der Waals surface area contributed by atoms with Crippen molar-refractivity contribution in [2.24, 2.45) is 5.73 Å². The third-order valence-corrected chi connectivity index (χ3v) is 2.24. The molecule has 1 atom stereocenters. The van der Waals surface area contributed by atoms with Gasteiger partial charge < -0.3 is 10.8 Å². The van der Waals surface area contributed by atoms with Crippen LogP contribution >= 0.6 is 15.9 Å². The molecule has 1 unspecified atom stereocenters. The first-order valence-corrected chi connectivity index (χ1v) is 4.72. The van der Waals surface area contributed by atoms with Gasteiger partial charge in [0.05, 0.1) is 4.47 Å². The molecule has 0 aliphatic rings. The van der Waals surface area contributed by atoms with Crippen LogP contribution in [0.3, 0.4) is 0 Å². The maximum Gasteiger partial charge on any atom is 0.166 e. The second-order valence-electron chi connectivity index (χ2n) is 3.09. The molecule has 0 heterocycles. The van der Waals surface area contributed by atoms with Gasteiger partial charge >= 0.3 is 0 Å². The first-order chi connectivity index (χ1) is 6.00. The summed E-state index contributed by atoms with van der Waals surface area (Å²) in [5, 5.41) is 9.11. The molecule has 0 radical (unpaired) electrons. The van der Waals surface area contributed by atoms with Gasteiger partial charge in [-0.3, -0.25) is 0 Å². The average Bonchev–Trinajstić information content (AvgIpc) is 1.98. The van der Waals surface area contributed by atoms with Gasteiger partial charge in [-0.15, -0.1) is 0 Å². The molecule has 0 bridgehead atoms. The molecule has 0 aliphatic carbocycles. The smallest absolute Gasteiger partial charge is 0.166 e. The Morgan fingerprint density at radius 2 is 2.23 bits per heavy atom. The molecule has 0 saturated heterocycles. The van der Waals surface area contributed by atoms with E-state index in [2.05, 4.69) is 15.9 Å². The van der Waals surface area contributed by atoms with Crippen molar-refractivity contribution < 1.29 is 9.50 Å². The summed E-state index contributed by atoms with van der Waals surface area (Å²) in [7, 11) is 0. The summed E-state index contributed by atoms with van der Waals surface area (Å²) in [6, 6.07) is 2.95. The minimum absolute atomic E-state index is 0.0177. The first kappa shape index (κ1) is 10.5. The number of hydrogen-bond donors (Lipinski definition) is 2. The molecule has 0 amide bonds. The van der Waals surface area contributed by atoms with Crippen molar-refractivity contribution in [3.05, 3.63) is 28.0 Å². The van der Waals surface area contributed by atoms with Gasteiger partial charge in [0.25, 0.3) is 0 Å². The Morgan fingerprint density at radius 3 is 2.69 bits per heavy atom. The number of aromatic hydroxyl groups is 1. The van der Waals surface area contributed by atoms with E-state index in [9.17, 15) is 4.39 Å². The van der Waals surface area contributed by atoms with Gasteiger partial charge in [0.15, 0.2) is 11.6 Å². The van der Waals surface area contributed by atoms with Crippen molar-refractivity contribution in [3.63, 3.8) is 0 Å². The van der Waals surface area contributed by atoms with Gasteiger partial charge in [-0.2, -0.15) is 0 Å². The lowest BCUT2D eigenvalue weighted by Crippen LogP contribution is -2.17. The second-order valence-corrected chi connectivity index (χ2v) is 3.94. The molecule has 72 valence electrons. The summed E-state index contributed by atoms with van der Waals surface area (Å²) in [5.74, 6) is -0.974. The van der Waals surface area contributed by atoms with Crippen LogP contribution < -0.4 is 5.73 Å². The molecule has 1 aromatic rings. The van der Waals surface area contributed by atoms with Crippen LogP contribution in [0.15, 0.2) is 16.6 Å². The lowest BCUT2D eigenvalue weighted by Gasteiger charge is -2.07. The van der Waals surface area contributed by atoms with Crippen molar-refractivity contribution in [3.8, 4) is 5.75 Å². The minimum atomic E-state index is -0.620. The number of hydrogen-bond acceptors (Lipinski definition) is 2. The number of halogens is 2. The highest BCUT2D eigenvalue weighted by Gasteiger charge is 2.08. The summed E-state index contributed by atoms with van der Waals surface area (Å²) in [5.41, 5.74) is 6.34. The van der Waals surface area contributed by atoms with Crippen molar-refractivity contribution >= 4 is 15.9 Å². The van der Waals surface area contributed by atoms with Gasteiger partial charge in [0.1, 0.15) is 0 Å². The first-order valence-electron chi connectivity index (χ1n) is 3.93. The van der Waals surface area contributed by atoms with E-state index in [1.165, 1.54) is 6.07 Å². The van der Waals surface area contributed by atoms with Crippen molar-refractivity contribution in [2.75, 3.05) is 0 Å². The van der Waals surface area contributed by atoms with E-state index < -0.39 is 5.82 Å². The summed E-state index contributed by atoms with van der Waals surface area (Å²) in [6.07, 6.45) is 0.593. The molecule has 13 heavy (non-hydrogen) atoms. The van der Waals surface area contributed by atoms with Gasteiger partial charge in [-0.05, 0) is 47.0 Å². The zero-order chi connectivity index (χ0) is 10.0. The summed E-state index contributed by atoms with van der Waals surface area (Å²) in [4.78, 5) is 0. The van der Waals surface area contributed by atoms with Crippen LogP contribution in [-0.2, 0) is 6.42 Å². The lowest BCUT2D eigenvalue weighted by molar-refractivity contribution is 0.428. The van der Waals surface area contributed by atoms with Crippen molar-refractivity contribution in [1.29, 1.82) is 0 Å². The predicted octanol–water partition coefficient (Wildman–Crippen LogP) is 2.18. The van der Waals surface area contributed by atoms with Crippen molar-refractivity contribution in [2.45, 2.75) is 19.4 Å². The van der Waals surface area contributed by atoms with E-state index in [0.29, 0.717) is 10.9 Å². The molecule has 2 nitrogen and oxygen atoms in total. The molecular formula is C9H11BrFNO. The van der Waals surface area contributed by atoms with E-state index in [1.54, 1.807) is 6.07 Å². The SMILES string of the molecule is CC(N)Cc1cc(F)c(O)c(Br)c1. The Labute approximate surface area is 84.7 Å². The Morgan fingerprint density at radius 1 is 1.62 bits per heavy atom. The fourth-order valence-corrected chi connectivity index (χ4v) is 1.59. The summed E-state index contributed by atoms with van der Waals surface area (Å²) < 4.78 is 13.3. The Hall–Kier alpha value is -0.610. The Balaban J connectivity index is 2.99. The highest BCUT2D eigenvalue weighted by Crippen LogP contribution is 2.28. The predicted molar refractivity (Wildman–Crippen MR) is 53.1 cm³/mol. The van der Waals surface area contributed by atoms with Gasteiger partial charge in [-0.25, -0.2) is 4.39 Å². The van der Waals surface area contributed by atoms with Crippen LogP contribution in [0, 0.1) is 5.82 Å². The number of rotatable bonds is 2. The highest BCUT2D eigenvalue weighted by molar-refractivity contribution is 9.10. The number of phenolic OH excluding ortho intramolecular Hbond substituents is 1. The van der Waals surface area contributed by atoms with Crippen LogP contribution in [0.4, 0.5) is 4.39 Å². The number of nitrogens with two attached hydrogens (primary N) is 1. The van der Waals surface area contributed by atoms with E-state index in [1.807, 2.05) is 6.92 Å². The summed E-state index contributed by atoms with van der Waals surface area (Å²) >= 11 is 3.06. The second kappa shape index (κ2) is 4.07. The van der Waals surface area contributed by atoms with Crippen LogP contribution in [-0.4, -0.2) is 11.1 Å². The van der Waals surface area contributed by atoms with E-state index in [4.69, 9.17) is 10.8 Å². The maximum absolute atomic E-state index is 13.0. The van der Waals surface area contributed by atoms with Crippen LogP contribution in [0.1, 0.15) is 12.5 Å². The lowest BCUT2D eigenvalue weighted by atomic mass is 10.1. The third kappa shape index (κ3) is 2.67. The topological polar surface area (TPSA) is 46.2 Å². The van der Waals surface area contributed by atoms with E-state index >= 15 is 0 Å². The fourth-order valence-electron chi connectivity index (χ4n) is 1.11. The normalized spacial score (nSPS) is 12.9. The van der Waals surface area contributed by atoms with Crippen LogP contribution in [0.5, 0.6) is 5.75 Å². The minimum Gasteiger partial charge on any atom is -0.504 e. The molecule has 4 heteroatoms. The van der Waals surface area contributed by atoms with Gasteiger partial charge in [0, 0.05) is 6.04 Å². The summed E-state index contributed by atoms with van der Waals surface area (Å²) in [6.45, 7) is 1.85. The highest BCUT2D eigenvalue weighted by atomic mass is 79.9. The molecule has 1 aromatic carbocycles. The van der Waals surface area contributed by atoms with Crippen LogP contribution in [0.25, 0.3) is 0 Å². The number of benzene rings is 1. The monoisotopic (exact) mass is 247 g/mol. The quantitative estimate of drug-likeness (QED) is 0.842. The molecular weight excluding hydrogens is 237 g/mol. The number of phenols is 1. The molecule has 0 saturated carbocycles. The largest absolute Gasteiger partial charge is 0.504 e. The molecule has 3 N–H and O–H groups in total. The maximum atomic E-state index is 13.0. The van der Waals surface area contributed by atoms with Gasteiger partial charge in [-0.1, -0.05) is 0 Å². The molecule has 1 rings (SSSR count). The fraction of sp³-hybridized carbons (Fsp3) is 0.333. The molecule has 0 aliphatic heterocycles. The zero-order valence-electron chi connectivity index (χ0n) is 7.22. The third-order valence-electron chi connectivity index (χ3n) is 1.63. The average molecular weight is 248 g/mol. The van der Waals surface area contributed by atoms with Crippen molar-refractivity contribution in [1.82, 2.24) is 0 Å². The van der Waals surface area contributed by atoms with Gasteiger partial charge in [0.2, 0.25) is 0 Å². The Kier molecular flexibility index (Phi) is 3.27. The zero-order valence-corrected chi connectivity index (χ0v) is 8.81. The molecule has 0 fully saturated rings. The van der Waals surface area contributed by atoms with Crippen LogP contribution in [0.2, 0.25) is 0 Å². The van der Waals surface area contributed by atoms with E-state index in [0.717, 1.165) is 5.56 Å².